The molecule has 1 aromatic heterocycles. The van der Waals surface area contributed by atoms with Gasteiger partial charge in [0.05, 0.1) is 0 Å². The number of carbonyl (C=O) groups is 1. The molecule has 0 radical (unpaired) electrons. The molecule has 0 bridgehead atoms. The smallest absolute Gasteiger partial charge is 0.267 e. The highest BCUT2D eigenvalue weighted by molar-refractivity contribution is 6.30. The molecule has 1 heterocycles. The Morgan fingerprint density at radius 1 is 1.14 bits per heavy atom. The van der Waals surface area contributed by atoms with Gasteiger partial charge in [0, 0.05) is 22.5 Å². The Kier molecular flexibility index (Phi) is 4.11. The minimum absolute atomic E-state index is 0.203. The number of benzene rings is 2. The second-order valence-corrected chi connectivity index (χ2v) is 5.48. The van der Waals surface area contributed by atoms with Gasteiger partial charge >= 0.3 is 0 Å². The summed E-state index contributed by atoms with van der Waals surface area (Å²) >= 11 is 5.83. The summed E-state index contributed by atoms with van der Waals surface area (Å²) in [6.07, 6.45) is 0.720. The van der Waals surface area contributed by atoms with E-state index in [4.69, 9.17) is 11.6 Å². The van der Waals surface area contributed by atoms with Crippen molar-refractivity contribution in [2.45, 2.75) is 6.42 Å². The number of rotatable bonds is 4. The first-order chi connectivity index (χ1) is 10.6. The van der Waals surface area contributed by atoms with Crippen LogP contribution in [0.4, 0.5) is 4.39 Å². The maximum atomic E-state index is 13.1. The van der Waals surface area contributed by atoms with Crippen LogP contribution in [0.5, 0.6) is 0 Å². The van der Waals surface area contributed by atoms with Gasteiger partial charge in [0.1, 0.15) is 11.5 Å². The van der Waals surface area contributed by atoms with Crippen LogP contribution in [0.2, 0.25) is 5.02 Å². The first-order valence-corrected chi connectivity index (χ1v) is 7.30. The van der Waals surface area contributed by atoms with Crippen LogP contribution >= 0.6 is 11.6 Å². The molecule has 2 aromatic carbocycles. The molecule has 0 aliphatic heterocycles. The predicted molar refractivity (Wildman–Crippen MR) is 85.7 cm³/mol. The Labute approximate surface area is 132 Å². The Bertz CT molecular complexity index is 811. The van der Waals surface area contributed by atoms with Gasteiger partial charge in [0.2, 0.25) is 0 Å². The number of H-pyrrole nitrogens is 1. The zero-order valence-corrected chi connectivity index (χ0v) is 12.5. The molecule has 0 unspecified atom stereocenters. The number of aromatic amines is 1. The van der Waals surface area contributed by atoms with Crippen molar-refractivity contribution < 1.29 is 9.18 Å². The van der Waals surface area contributed by atoms with Crippen molar-refractivity contribution in [2.75, 3.05) is 6.54 Å². The molecule has 0 fully saturated rings. The standard InChI is InChI=1S/C17H14ClFN2O/c18-13-3-1-11(2-4-13)7-8-20-17(22)16-10-12-9-14(19)5-6-15(12)21-16/h1-6,9-10,21H,7-8H2,(H,20,22). The normalized spacial score (nSPS) is 10.8. The maximum Gasteiger partial charge on any atom is 0.267 e. The Hall–Kier alpha value is -2.33. The molecular formula is C17H14ClFN2O. The molecule has 0 saturated heterocycles. The number of carbonyl (C=O) groups excluding carboxylic acids is 1. The van der Waals surface area contributed by atoms with E-state index in [1.54, 1.807) is 12.1 Å². The molecule has 0 aliphatic carbocycles. The molecule has 0 atom stereocenters. The molecule has 112 valence electrons. The summed E-state index contributed by atoms with van der Waals surface area (Å²) in [4.78, 5) is 15.1. The summed E-state index contributed by atoms with van der Waals surface area (Å²) in [5, 5.41) is 4.22. The summed E-state index contributed by atoms with van der Waals surface area (Å²) in [5.41, 5.74) is 2.27. The van der Waals surface area contributed by atoms with E-state index in [1.165, 1.54) is 12.1 Å². The number of amides is 1. The third-order valence-corrected chi connectivity index (χ3v) is 3.69. The summed E-state index contributed by atoms with van der Waals surface area (Å²) in [6.45, 7) is 0.518. The molecule has 1 amide bonds. The molecule has 3 nitrogen and oxygen atoms in total. The van der Waals surface area contributed by atoms with Crippen molar-refractivity contribution in [1.82, 2.24) is 10.3 Å². The van der Waals surface area contributed by atoms with Gasteiger partial charge in [-0.25, -0.2) is 4.39 Å². The van der Waals surface area contributed by atoms with Gasteiger partial charge in [-0.2, -0.15) is 0 Å². The highest BCUT2D eigenvalue weighted by atomic mass is 35.5. The van der Waals surface area contributed by atoms with E-state index in [2.05, 4.69) is 10.3 Å². The van der Waals surface area contributed by atoms with Crippen LogP contribution in [0.25, 0.3) is 10.9 Å². The zero-order chi connectivity index (χ0) is 15.5. The largest absolute Gasteiger partial charge is 0.351 e. The molecule has 0 saturated carbocycles. The second kappa shape index (κ2) is 6.20. The van der Waals surface area contributed by atoms with Crippen molar-refractivity contribution in [2.24, 2.45) is 0 Å². The van der Waals surface area contributed by atoms with E-state index in [0.717, 1.165) is 17.5 Å². The van der Waals surface area contributed by atoms with Crippen molar-refractivity contribution in [3.05, 3.63) is 70.6 Å². The Balaban J connectivity index is 1.62. The summed E-state index contributed by atoms with van der Waals surface area (Å²) in [6, 6.07) is 13.5. The summed E-state index contributed by atoms with van der Waals surface area (Å²) < 4.78 is 13.1. The van der Waals surface area contributed by atoms with Gasteiger partial charge in [-0.1, -0.05) is 23.7 Å². The fourth-order valence-electron chi connectivity index (χ4n) is 2.29. The lowest BCUT2D eigenvalue weighted by molar-refractivity contribution is 0.0950. The number of aromatic nitrogens is 1. The van der Waals surface area contributed by atoms with Crippen molar-refractivity contribution in [3.63, 3.8) is 0 Å². The van der Waals surface area contributed by atoms with Crippen LogP contribution < -0.4 is 5.32 Å². The van der Waals surface area contributed by atoms with E-state index in [-0.39, 0.29) is 11.7 Å². The summed E-state index contributed by atoms with van der Waals surface area (Å²) in [7, 11) is 0. The first-order valence-electron chi connectivity index (χ1n) is 6.93. The van der Waals surface area contributed by atoms with Crippen molar-refractivity contribution >= 4 is 28.4 Å². The average Bonchev–Trinajstić information content (AvgIpc) is 2.92. The van der Waals surface area contributed by atoms with E-state index in [0.29, 0.717) is 22.6 Å². The SMILES string of the molecule is O=C(NCCc1ccc(Cl)cc1)c1cc2cc(F)ccc2[nH]1. The average molecular weight is 317 g/mol. The van der Waals surface area contributed by atoms with Gasteiger partial charge in [0.15, 0.2) is 0 Å². The van der Waals surface area contributed by atoms with Crippen LogP contribution in [0, 0.1) is 5.82 Å². The number of halogens is 2. The van der Waals surface area contributed by atoms with Crippen molar-refractivity contribution in [3.8, 4) is 0 Å². The first kappa shape index (κ1) is 14.6. The third-order valence-electron chi connectivity index (χ3n) is 3.44. The second-order valence-electron chi connectivity index (χ2n) is 5.05. The Morgan fingerprint density at radius 3 is 2.68 bits per heavy atom. The quantitative estimate of drug-likeness (QED) is 0.752. The minimum Gasteiger partial charge on any atom is -0.351 e. The lowest BCUT2D eigenvalue weighted by Gasteiger charge is -2.04. The number of fused-ring (bicyclic) bond motifs is 1. The zero-order valence-electron chi connectivity index (χ0n) is 11.7. The number of nitrogens with one attached hydrogen (secondary N) is 2. The molecule has 5 heteroatoms. The fraction of sp³-hybridized carbons (Fsp3) is 0.118. The van der Waals surface area contributed by atoms with E-state index in [9.17, 15) is 9.18 Å². The highest BCUT2D eigenvalue weighted by Gasteiger charge is 2.09. The fourth-order valence-corrected chi connectivity index (χ4v) is 2.42. The minimum atomic E-state index is -0.318. The van der Waals surface area contributed by atoms with E-state index < -0.39 is 0 Å². The van der Waals surface area contributed by atoms with Gasteiger partial charge in [-0.15, -0.1) is 0 Å². The molecule has 22 heavy (non-hydrogen) atoms. The van der Waals surface area contributed by atoms with Crippen LogP contribution in [-0.2, 0) is 6.42 Å². The maximum absolute atomic E-state index is 13.1. The van der Waals surface area contributed by atoms with Crippen LogP contribution in [-0.4, -0.2) is 17.4 Å². The van der Waals surface area contributed by atoms with Gasteiger partial charge in [0.25, 0.3) is 5.91 Å². The summed E-state index contributed by atoms with van der Waals surface area (Å²) in [5.74, 6) is -0.522. The lowest BCUT2D eigenvalue weighted by atomic mass is 10.1. The number of hydrogen-bond donors (Lipinski definition) is 2. The van der Waals surface area contributed by atoms with Crippen molar-refractivity contribution in [1.29, 1.82) is 0 Å². The Morgan fingerprint density at radius 2 is 1.91 bits per heavy atom. The van der Waals surface area contributed by atoms with Crippen LogP contribution in [0.3, 0.4) is 0 Å². The van der Waals surface area contributed by atoms with Gasteiger partial charge in [-0.3, -0.25) is 4.79 Å². The monoisotopic (exact) mass is 316 g/mol. The third kappa shape index (κ3) is 3.28. The molecule has 3 aromatic rings. The van der Waals surface area contributed by atoms with Gasteiger partial charge < -0.3 is 10.3 Å². The van der Waals surface area contributed by atoms with Crippen LogP contribution in [0.1, 0.15) is 16.1 Å². The molecular weight excluding hydrogens is 303 g/mol. The topological polar surface area (TPSA) is 44.9 Å². The van der Waals surface area contributed by atoms with Crippen LogP contribution in [0.15, 0.2) is 48.5 Å². The molecule has 3 rings (SSSR count). The van der Waals surface area contributed by atoms with E-state index >= 15 is 0 Å². The van der Waals surface area contributed by atoms with Gasteiger partial charge in [-0.05, 0) is 48.4 Å². The lowest BCUT2D eigenvalue weighted by Crippen LogP contribution is -2.25. The molecule has 2 N–H and O–H groups in total. The molecule has 0 spiro atoms. The van der Waals surface area contributed by atoms with E-state index in [1.807, 2.05) is 24.3 Å². The number of hydrogen-bond acceptors (Lipinski definition) is 1. The molecule has 0 aliphatic rings. The predicted octanol–water partition coefficient (Wildman–Crippen LogP) is 3.93. The highest BCUT2D eigenvalue weighted by Crippen LogP contribution is 2.16.